The Bertz CT molecular complexity index is 474. The molecule has 0 amide bonds. The van der Waals surface area contributed by atoms with Crippen molar-refractivity contribution in [2.75, 3.05) is 6.54 Å². The lowest BCUT2D eigenvalue weighted by molar-refractivity contribution is -0.172. The van der Waals surface area contributed by atoms with Crippen molar-refractivity contribution in [3.8, 4) is 0 Å². The molecule has 0 fully saturated rings. The summed E-state index contributed by atoms with van der Waals surface area (Å²) < 4.78 is 42.8. The third kappa shape index (κ3) is 2.58. The fraction of sp³-hybridized carbons (Fsp3) is 0.364. The van der Waals surface area contributed by atoms with Gasteiger partial charge < -0.3 is 10.2 Å². The van der Waals surface area contributed by atoms with Crippen LogP contribution in [0.15, 0.2) is 28.7 Å². The fourth-order valence-corrected chi connectivity index (χ4v) is 1.55. The van der Waals surface area contributed by atoms with Crippen molar-refractivity contribution in [1.82, 2.24) is 4.98 Å². The standard InChI is InChI=1S/C11H11F3N2O/c12-11(13,14)7(6-15)5-10-16-8-3-1-2-4-9(8)17-10/h1-4,7H,5-6,15H2/t7-/m0/s1. The predicted octanol–water partition coefficient (Wildman–Crippen LogP) is 2.51. The van der Waals surface area contributed by atoms with E-state index in [0.29, 0.717) is 11.1 Å². The van der Waals surface area contributed by atoms with Crippen LogP contribution >= 0.6 is 0 Å². The quantitative estimate of drug-likeness (QED) is 0.902. The van der Waals surface area contributed by atoms with Gasteiger partial charge in [-0.15, -0.1) is 0 Å². The first kappa shape index (κ1) is 11.9. The highest BCUT2D eigenvalue weighted by atomic mass is 19.4. The number of benzene rings is 1. The Morgan fingerprint density at radius 3 is 2.59 bits per heavy atom. The number of alkyl halides is 3. The van der Waals surface area contributed by atoms with Crippen LogP contribution in [0.25, 0.3) is 11.1 Å². The molecule has 0 unspecified atom stereocenters. The number of halogens is 3. The minimum absolute atomic E-state index is 0.0685. The SMILES string of the molecule is NC[C@H](Cc1nc2ccccc2o1)C(F)(F)F. The van der Waals surface area contributed by atoms with Gasteiger partial charge in [0.1, 0.15) is 5.52 Å². The van der Waals surface area contributed by atoms with E-state index in [4.69, 9.17) is 10.2 Å². The van der Waals surface area contributed by atoms with E-state index >= 15 is 0 Å². The normalized spacial score (nSPS) is 14.1. The number of oxazole rings is 1. The molecule has 17 heavy (non-hydrogen) atoms. The Labute approximate surface area is 95.4 Å². The van der Waals surface area contributed by atoms with Crippen molar-refractivity contribution in [3.05, 3.63) is 30.2 Å². The minimum atomic E-state index is -4.32. The van der Waals surface area contributed by atoms with Gasteiger partial charge in [-0.05, 0) is 12.1 Å². The highest BCUT2D eigenvalue weighted by Crippen LogP contribution is 2.29. The van der Waals surface area contributed by atoms with Gasteiger partial charge >= 0.3 is 6.18 Å². The Hall–Kier alpha value is -1.56. The van der Waals surface area contributed by atoms with Gasteiger partial charge in [0.2, 0.25) is 0 Å². The first-order valence-corrected chi connectivity index (χ1v) is 5.12. The van der Waals surface area contributed by atoms with E-state index in [9.17, 15) is 13.2 Å². The summed E-state index contributed by atoms with van der Waals surface area (Å²) in [7, 11) is 0. The van der Waals surface area contributed by atoms with Crippen molar-refractivity contribution in [2.24, 2.45) is 11.7 Å². The molecule has 3 nitrogen and oxygen atoms in total. The maximum atomic E-state index is 12.5. The molecule has 0 radical (unpaired) electrons. The molecule has 2 N–H and O–H groups in total. The van der Waals surface area contributed by atoms with Crippen LogP contribution < -0.4 is 5.73 Å². The number of hydrogen-bond donors (Lipinski definition) is 1. The third-order valence-electron chi connectivity index (χ3n) is 2.51. The van der Waals surface area contributed by atoms with Crippen molar-refractivity contribution in [3.63, 3.8) is 0 Å². The summed E-state index contributed by atoms with van der Waals surface area (Å²) in [6, 6.07) is 6.84. The second-order valence-corrected chi connectivity index (χ2v) is 3.75. The van der Waals surface area contributed by atoms with Crippen LogP contribution in [0.1, 0.15) is 5.89 Å². The van der Waals surface area contributed by atoms with Crippen LogP contribution in [-0.2, 0) is 6.42 Å². The van der Waals surface area contributed by atoms with Gasteiger partial charge in [0.05, 0.1) is 5.92 Å². The molecule has 1 aromatic heterocycles. The van der Waals surface area contributed by atoms with Crippen LogP contribution in [0.3, 0.4) is 0 Å². The molecule has 92 valence electrons. The highest BCUT2D eigenvalue weighted by molar-refractivity contribution is 5.72. The first-order chi connectivity index (χ1) is 8.00. The number of aromatic nitrogens is 1. The second-order valence-electron chi connectivity index (χ2n) is 3.75. The lowest BCUT2D eigenvalue weighted by Crippen LogP contribution is -2.32. The molecule has 1 atom stereocenters. The van der Waals surface area contributed by atoms with Crippen molar-refractivity contribution in [1.29, 1.82) is 0 Å². The van der Waals surface area contributed by atoms with Crippen LogP contribution in [-0.4, -0.2) is 17.7 Å². The Morgan fingerprint density at radius 1 is 1.29 bits per heavy atom. The van der Waals surface area contributed by atoms with Crippen molar-refractivity contribution in [2.45, 2.75) is 12.6 Å². The molecule has 0 bridgehead atoms. The molecule has 0 saturated carbocycles. The zero-order valence-electron chi connectivity index (χ0n) is 8.87. The molecule has 2 rings (SSSR count). The topological polar surface area (TPSA) is 52.0 Å². The molecule has 2 aromatic rings. The molecule has 1 heterocycles. The molecular weight excluding hydrogens is 233 g/mol. The molecule has 0 spiro atoms. The predicted molar refractivity (Wildman–Crippen MR) is 56.3 cm³/mol. The number of hydrogen-bond acceptors (Lipinski definition) is 3. The summed E-state index contributed by atoms with van der Waals surface area (Å²) in [4.78, 5) is 3.99. The lowest BCUT2D eigenvalue weighted by atomic mass is 10.1. The summed E-state index contributed by atoms with van der Waals surface area (Å²) in [5.41, 5.74) is 6.15. The zero-order valence-corrected chi connectivity index (χ0v) is 8.87. The minimum Gasteiger partial charge on any atom is -0.441 e. The van der Waals surface area contributed by atoms with E-state index in [0.717, 1.165) is 0 Å². The first-order valence-electron chi connectivity index (χ1n) is 5.12. The largest absolute Gasteiger partial charge is 0.441 e. The molecular formula is C11H11F3N2O. The van der Waals surface area contributed by atoms with E-state index in [1.165, 1.54) is 0 Å². The highest BCUT2D eigenvalue weighted by Gasteiger charge is 2.39. The van der Waals surface area contributed by atoms with Crippen LogP contribution in [0.5, 0.6) is 0 Å². The van der Waals surface area contributed by atoms with E-state index in [-0.39, 0.29) is 12.3 Å². The summed E-state index contributed by atoms with van der Waals surface area (Å²) >= 11 is 0. The van der Waals surface area contributed by atoms with Crippen LogP contribution in [0.2, 0.25) is 0 Å². The van der Waals surface area contributed by atoms with E-state index in [1.54, 1.807) is 24.3 Å². The van der Waals surface area contributed by atoms with Gasteiger partial charge in [0.15, 0.2) is 11.5 Å². The van der Waals surface area contributed by atoms with E-state index in [1.807, 2.05) is 0 Å². The monoisotopic (exact) mass is 244 g/mol. The van der Waals surface area contributed by atoms with E-state index in [2.05, 4.69) is 4.98 Å². The summed E-state index contributed by atoms with van der Waals surface area (Å²) in [6.45, 7) is -0.470. The lowest BCUT2D eigenvalue weighted by Gasteiger charge is -2.16. The number of para-hydroxylation sites is 2. The maximum absolute atomic E-state index is 12.5. The second kappa shape index (κ2) is 4.37. The van der Waals surface area contributed by atoms with Gasteiger partial charge in [-0.1, -0.05) is 12.1 Å². The Balaban J connectivity index is 2.23. The third-order valence-corrected chi connectivity index (χ3v) is 2.51. The number of nitrogens with zero attached hydrogens (tertiary/aromatic N) is 1. The number of rotatable bonds is 3. The van der Waals surface area contributed by atoms with Gasteiger partial charge in [-0.2, -0.15) is 13.2 Å². The van der Waals surface area contributed by atoms with E-state index < -0.39 is 18.6 Å². The Kier molecular flexibility index (Phi) is 3.06. The molecule has 1 aromatic carbocycles. The van der Waals surface area contributed by atoms with Gasteiger partial charge in [-0.3, -0.25) is 0 Å². The molecule has 0 aliphatic rings. The smallest absolute Gasteiger partial charge is 0.393 e. The van der Waals surface area contributed by atoms with Gasteiger partial charge in [0.25, 0.3) is 0 Å². The fourth-order valence-electron chi connectivity index (χ4n) is 1.55. The van der Waals surface area contributed by atoms with Crippen molar-refractivity contribution >= 4 is 11.1 Å². The summed E-state index contributed by atoms with van der Waals surface area (Å²) in [6.07, 6.45) is -4.65. The molecule has 0 aliphatic heterocycles. The summed E-state index contributed by atoms with van der Waals surface area (Å²) in [5, 5.41) is 0. The van der Waals surface area contributed by atoms with Crippen molar-refractivity contribution < 1.29 is 17.6 Å². The van der Waals surface area contributed by atoms with Gasteiger partial charge in [0, 0.05) is 13.0 Å². The zero-order chi connectivity index (χ0) is 12.5. The molecule has 0 saturated heterocycles. The average Bonchev–Trinajstić information content (AvgIpc) is 2.66. The van der Waals surface area contributed by atoms with Gasteiger partial charge in [-0.25, -0.2) is 4.98 Å². The number of nitrogens with two attached hydrogens (primary N) is 1. The molecule has 0 aliphatic carbocycles. The molecule has 6 heteroatoms. The maximum Gasteiger partial charge on any atom is 0.393 e. The average molecular weight is 244 g/mol. The number of fused-ring (bicyclic) bond motifs is 1. The Morgan fingerprint density at radius 2 is 2.00 bits per heavy atom. The van der Waals surface area contributed by atoms with Crippen LogP contribution in [0.4, 0.5) is 13.2 Å². The van der Waals surface area contributed by atoms with Crippen LogP contribution in [0, 0.1) is 5.92 Å². The summed E-state index contributed by atoms with van der Waals surface area (Å²) in [5.74, 6) is -1.55.